The van der Waals surface area contributed by atoms with E-state index in [1.165, 1.54) is 12.1 Å². The minimum atomic E-state index is -3.90. The molecule has 2 saturated heterocycles. The average Bonchev–Trinajstić information content (AvgIpc) is 3.01. The zero-order chi connectivity index (χ0) is 18.6. The van der Waals surface area contributed by atoms with E-state index in [1.54, 1.807) is 24.8 Å². The van der Waals surface area contributed by atoms with Crippen molar-refractivity contribution in [3.8, 4) is 0 Å². The molecule has 3 heterocycles. The molecule has 1 aromatic rings. The van der Waals surface area contributed by atoms with Crippen molar-refractivity contribution in [3.63, 3.8) is 0 Å². The van der Waals surface area contributed by atoms with Gasteiger partial charge in [0.1, 0.15) is 4.90 Å². The van der Waals surface area contributed by atoms with Gasteiger partial charge in [-0.15, -0.1) is 12.4 Å². The summed E-state index contributed by atoms with van der Waals surface area (Å²) in [6.07, 6.45) is 3.12. The van der Waals surface area contributed by atoms with Crippen molar-refractivity contribution in [2.24, 2.45) is 0 Å². The van der Waals surface area contributed by atoms with Gasteiger partial charge in [-0.1, -0.05) is 0 Å². The van der Waals surface area contributed by atoms with Crippen molar-refractivity contribution in [1.82, 2.24) is 14.5 Å². The third kappa shape index (κ3) is 3.23. The van der Waals surface area contributed by atoms with Crippen molar-refractivity contribution < 1.29 is 18.0 Å². The summed E-state index contributed by atoms with van der Waals surface area (Å²) >= 11 is 0. The number of halogens is 1. The lowest BCUT2D eigenvalue weighted by Gasteiger charge is -2.24. The van der Waals surface area contributed by atoms with E-state index in [1.807, 2.05) is 0 Å². The molecule has 2 amide bonds. The molecule has 0 aliphatic carbocycles. The number of sulfonamides is 1. The lowest BCUT2D eigenvalue weighted by molar-refractivity contribution is 0.0746. The highest BCUT2D eigenvalue weighted by atomic mass is 35.5. The standard InChI is InChI=1S/C18H23N3O4S.ClH/c1-11(2)21-18(23)15-6-3-12(9-16(15)26(21,24)25)17(22)20-8-7-13-4-5-14(10-20)19-13;/h3,6,9,11,13-14,19H,4-5,7-8,10H2,1-2H3;1H. The summed E-state index contributed by atoms with van der Waals surface area (Å²) in [5.74, 6) is -0.696. The number of nitrogens with one attached hydrogen (secondary N) is 1. The van der Waals surface area contributed by atoms with Crippen LogP contribution in [0.3, 0.4) is 0 Å². The SMILES string of the molecule is CC(C)N1C(=O)c2ccc(C(=O)N3CCC4CCC(C3)N4)cc2S1(=O)=O.Cl. The summed E-state index contributed by atoms with van der Waals surface area (Å²) in [4.78, 5) is 27.1. The number of likely N-dealkylation sites (tertiary alicyclic amines) is 1. The zero-order valence-corrected chi connectivity index (χ0v) is 17.0. The maximum atomic E-state index is 12.9. The lowest BCUT2D eigenvalue weighted by atomic mass is 10.1. The minimum Gasteiger partial charge on any atom is -0.337 e. The van der Waals surface area contributed by atoms with Gasteiger partial charge in [0.15, 0.2) is 0 Å². The van der Waals surface area contributed by atoms with E-state index in [9.17, 15) is 18.0 Å². The van der Waals surface area contributed by atoms with Crippen LogP contribution in [0.1, 0.15) is 53.8 Å². The molecule has 0 aromatic heterocycles. The predicted octanol–water partition coefficient (Wildman–Crippen LogP) is 1.63. The van der Waals surface area contributed by atoms with Crippen molar-refractivity contribution >= 4 is 34.2 Å². The molecule has 2 fully saturated rings. The highest BCUT2D eigenvalue weighted by molar-refractivity contribution is 7.90. The smallest absolute Gasteiger partial charge is 0.269 e. The number of amides is 2. The van der Waals surface area contributed by atoms with Crippen LogP contribution in [0.5, 0.6) is 0 Å². The summed E-state index contributed by atoms with van der Waals surface area (Å²) in [6, 6.07) is 4.70. The van der Waals surface area contributed by atoms with Crippen molar-refractivity contribution in [2.75, 3.05) is 13.1 Å². The second-order valence-corrected chi connectivity index (χ2v) is 9.37. The second-order valence-electron chi connectivity index (χ2n) is 7.59. The molecule has 1 N–H and O–H groups in total. The predicted molar refractivity (Wildman–Crippen MR) is 103 cm³/mol. The second kappa shape index (κ2) is 7.07. The Bertz CT molecular complexity index is 887. The fourth-order valence-corrected chi connectivity index (χ4v) is 5.99. The molecule has 7 nitrogen and oxygen atoms in total. The van der Waals surface area contributed by atoms with Crippen molar-refractivity contribution in [1.29, 1.82) is 0 Å². The summed E-state index contributed by atoms with van der Waals surface area (Å²) in [5.41, 5.74) is 0.468. The van der Waals surface area contributed by atoms with Crippen LogP contribution in [0.4, 0.5) is 0 Å². The van der Waals surface area contributed by atoms with E-state index in [0.717, 1.165) is 23.6 Å². The van der Waals surface area contributed by atoms with E-state index >= 15 is 0 Å². The molecule has 2 unspecified atom stereocenters. The monoisotopic (exact) mass is 413 g/mol. The van der Waals surface area contributed by atoms with Gasteiger partial charge in [-0.25, -0.2) is 12.7 Å². The Morgan fingerprint density at radius 1 is 1.19 bits per heavy atom. The molecule has 0 saturated carbocycles. The number of carbonyl (C=O) groups excluding carboxylic acids is 2. The zero-order valence-electron chi connectivity index (χ0n) is 15.3. The quantitative estimate of drug-likeness (QED) is 0.796. The lowest BCUT2D eigenvalue weighted by Crippen LogP contribution is -2.39. The molecular formula is C18H24ClN3O4S. The molecule has 3 aliphatic rings. The normalized spacial score (nSPS) is 26.0. The van der Waals surface area contributed by atoms with Crippen LogP contribution in [0, 0.1) is 0 Å². The van der Waals surface area contributed by atoms with Crippen LogP contribution < -0.4 is 5.32 Å². The Labute approximate surface area is 165 Å². The van der Waals surface area contributed by atoms with Gasteiger partial charge in [0.25, 0.3) is 21.8 Å². The number of hydrogen-bond donors (Lipinski definition) is 1. The molecule has 148 valence electrons. The fourth-order valence-electron chi connectivity index (χ4n) is 4.20. The van der Waals surface area contributed by atoms with E-state index in [-0.39, 0.29) is 28.8 Å². The number of nitrogens with zero attached hydrogens (tertiary/aromatic N) is 2. The maximum Gasteiger partial charge on any atom is 0.269 e. The Morgan fingerprint density at radius 3 is 2.59 bits per heavy atom. The van der Waals surface area contributed by atoms with Crippen LogP contribution in [-0.2, 0) is 10.0 Å². The Balaban J connectivity index is 0.00000210. The number of carbonyl (C=O) groups is 2. The van der Waals surface area contributed by atoms with Gasteiger partial charge in [0.2, 0.25) is 0 Å². The number of benzene rings is 1. The van der Waals surface area contributed by atoms with E-state index < -0.39 is 22.0 Å². The third-order valence-corrected chi connectivity index (χ3v) is 7.47. The molecule has 3 aliphatic heterocycles. The molecule has 27 heavy (non-hydrogen) atoms. The van der Waals surface area contributed by atoms with Crippen molar-refractivity contribution in [2.45, 2.75) is 56.1 Å². The van der Waals surface area contributed by atoms with Gasteiger partial charge in [-0.2, -0.15) is 0 Å². The number of hydrogen-bond acceptors (Lipinski definition) is 5. The van der Waals surface area contributed by atoms with Gasteiger partial charge in [-0.05, 0) is 51.3 Å². The first-order valence-electron chi connectivity index (χ1n) is 9.07. The topological polar surface area (TPSA) is 86.8 Å². The van der Waals surface area contributed by atoms with Crippen LogP contribution in [0.2, 0.25) is 0 Å². The Hall–Kier alpha value is -1.64. The van der Waals surface area contributed by atoms with Crippen molar-refractivity contribution in [3.05, 3.63) is 29.3 Å². The first-order valence-corrected chi connectivity index (χ1v) is 10.5. The Morgan fingerprint density at radius 2 is 1.89 bits per heavy atom. The van der Waals surface area contributed by atoms with E-state index in [2.05, 4.69) is 5.32 Å². The van der Waals surface area contributed by atoms with Gasteiger partial charge in [0, 0.05) is 36.8 Å². The van der Waals surface area contributed by atoms with Gasteiger partial charge in [0.05, 0.1) is 5.56 Å². The summed E-state index contributed by atoms with van der Waals surface area (Å²) in [5, 5.41) is 3.53. The summed E-state index contributed by atoms with van der Waals surface area (Å²) in [6.45, 7) is 4.61. The first kappa shape index (κ1) is 20.1. The van der Waals surface area contributed by atoms with Crippen LogP contribution >= 0.6 is 12.4 Å². The van der Waals surface area contributed by atoms with E-state index in [0.29, 0.717) is 30.7 Å². The minimum absolute atomic E-state index is 0. The average molecular weight is 414 g/mol. The molecule has 9 heteroatoms. The largest absolute Gasteiger partial charge is 0.337 e. The molecule has 1 aromatic carbocycles. The fraction of sp³-hybridized carbons (Fsp3) is 0.556. The molecule has 2 bridgehead atoms. The molecule has 0 radical (unpaired) electrons. The number of rotatable bonds is 2. The summed E-state index contributed by atoms with van der Waals surface area (Å²) < 4.78 is 26.3. The van der Waals surface area contributed by atoms with E-state index in [4.69, 9.17) is 0 Å². The highest BCUT2D eigenvalue weighted by Crippen LogP contribution is 2.33. The summed E-state index contributed by atoms with van der Waals surface area (Å²) in [7, 11) is -3.90. The third-order valence-electron chi connectivity index (χ3n) is 5.48. The maximum absolute atomic E-state index is 12.9. The van der Waals surface area contributed by atoms with Gasteiger partial charge in [-0.3, -0.25) is 9.59 Å². The first-order chi connectivity index (χ1) is 12.3. The van der Waals surface area contributed by atoms with Gasteiger partial charge < -0.3 is 10.2 Å². The molecule has 2 atom stereocenters. The van der Waals surface area contributed by atoms with Crippen LogP contribution in [0.25, 0.3) is 0 Å². The molecular weight excluding hydrogens is 390 g/mol. The van der Waals surface area contributed by atoms with Crippen LogP contribution in [0.15, 0.2) is 23.1 Å². The Kier molecular flexibility index (Phi) is 5.26. The molecule has 0 spiro atoms. The number of fused-ring (bicyclic) bond motifs is 3. The van der Waals surface area contributed by atoms with Crippen LogP contribution in [-0.4, -0.2) is 60.7 Å². The van der Waals surface area contributed by atoms with Gasteiger partial charge >= 0.3 is 0 Å². The molecule has 4 rings (SSSR count). The highest BCUT2D eigenvalue weighted by Gasteiger charge is 2.43.